The first-order valence-corrected chi connectivity index (χ1v) is 12.1. The maximum absolute atomic E-state index is 12.2. The van der Waals surface area contributed by atoms with Crippen LogP contribution in [0.4, 0.5) is 0 Å². The van der Waals surface area contributed by atoms with Crippen molar-refractivity contribution in [3.05, 3.63) is 47.3 Å². The minimum atomic E-state index is -2.60. The van der Waals surface area contributed by atoms with Gasteiger partial charge in [0, 0.05) is 53.7 Å². The van der Waals surface area contributed by atoms with Crippen molar-refractivity contribution in [3.8, 4) is 0 Å². The predicted molar refractivity (Wildman–Crippen MR) is 119 cm³/mol. The van der Waals surface area contributed by atoms with E-state index in [2.05, 4.69) is 10.2 Å². The summed E-state index contributed by atoms with van der Waals surface area (Å²) in [5, 5.41) is 2.88. The van der Waals surface area contributed by atoms with Gasteiger partial charge in [-0.15, -0.1) is 0 Å². The average molecular weight is 441 g/mol. The summed E-state index contributed by atoms with van der Waals surface area (Å²) >= 11 is 6.79. The van der Waals surface area contributed by atoms with Gasteiger partial charge in [0.15, 0.2) is 0 Å². The fraction of sp³-hybridized carbons (Fsp3) is 0.526. The highest BCUT2D eigenvalue weighted by Gasteiger charge is 2.37. The van der Waals surface area contributed by atoms with Crippen LogP contribution >= 0.6 is 24.0 Å². The van der Waals surface area contributed by atoms with Gasteiger partial charge in [0.1, 0.15) is 0 Å². The van der Waals surface area contributed by atoms with E-state index in [0.29, 0.717) is 29.6 Å². The molecule has 0 aliphatic carbocycles. The van der Waals surface area contributed by atoms with Gasteiger partial charge in [0.25, 0.3) is 4.87 Å². The van der Waals surface area contributed by atoms with Crippen molar-refractivity contribution < 1.29 is 18.1 Å². The van der Waals surface area contributed by atoms with Crippen molar-refractivity contribution in [2.45, 2.75) is 37.1 Å². The second kappa shape index (κ2) is 12.3. The Labute approximate surface area is 178 Å². The van der Waals surface area contributed by atoms with Crippen LogP contribution in [-0.4, -0.2) is 51.7 Å². The molecule has 0 aliphatic rings. The number of hydrogen-bond donors (Lipinski definition) is 1. The average Bonchev–Trinajstić information content (AvgIpc) is 2.73. The fourth-order valence-electron chi connectivity index (χ4n) is 2.49. The van der Waals surface area contributed by atoms with E-state index in [9.17, 15) is 4.79 Å². The molecule has 0 heterocycles. The molecule has 0 aromatic heterocycles. The summed E-state index contributed by atoms with van der Waals surface area (Å²) in [4.78, 5) is 15.1. The summed E-state index contributed by atoms with van der Waals surface area (Å²) in [6.45, 7) is 9.86. The smallest absolute Gasteiger partial charge is 0.377 e. The monoisotopic (exact) mass is 440 g/mol. The molecule has 1 atom stereocenters. The van der Waals surface area contributed by atoms with Crippen LogP contribution in [0.1, 0.15) is 31.7 Å². The number of amides is 1. The number of rotatable bonds is 12. The van der Waals surface area contributed by atoms with E-state index >= 15 is 0 Å². The van der Waals surface area contributed by atoms with Crippen LogP contribution in [0.2, 0.25) is 6.04 Å². The largest absolute Gasteiger partial charge is 0.500 e. The molecule has 0 bridgehead atoms. The minimum Gasteiger partial charge on any atom is -0.377 e. The Hall–Kier alpha value is -1.28. The van der Waals surface area contributed by atoms with Crippen LogP contribution in [0.3, 0.4) is 0 Å². The molecule has 0 aliphatic heterocycles. The third-order valence-corrected chi connectivity index (χ3v) is 8.76. The molecule has 1 rings (SSSR count). The Morgan fingerprint density at radius 3 is 2.39 bits per heavy atom. The van der Waals surface area contributed by atoms with Gasteiger partial charge in [-0.05, 0) is 23.7 Å². The van der Waals surface area contributed by atoms with Crippen molar-refractivity contribution in [2.75, 3.05) is 27.9 Å². The summed E-state index contributed by atoms with van der Waals surface area (Å²) in [6.07, 6.45) is 1.39. The highest BCUT2D eigenvalue weighted by atomic mass is 32.2. The zero-order valence-electron chi connectivity index (χ0n) is 16.8. The fourth-order valence-corrected chi connectivity index (χ4v) is 5.79. The Morgan fingerprint density at radius 1 is 1.25 bits per heavy atom. The number of hydrogen-bond acceptors (Lipinski definition) is 6. The van der Waals surface area contributed by atoms with Gasteiger partial charge in [-0.25, -0.2) is 6.57 Å². The Morgan fingerprint density at radius 2 is 1.86 bits per heavy atom. The van der Waals surface area contributed by atoms with Crippen molar-refractivity contribution in [2.24, 2.45) is 0 Å². The maximum Gasteiger partial charge on any atom is 0.500 e. The number of nitrogens with zero attached hydrogens (tertiary/aromatic N) is 1. The number of nitrogens with one attached hydrogen (secondary N) is 1. The van der Waals surface area contributed by atoms with Crippen LogP contribution in [-0.2, 0) is 18.1 Å². The number of benzene rings is 1. The lowest BCUT2D eigenvalue weighted by molar-refractivity contribution is -0.121. The van der Waals surface area contributed by atoms with Crippen LogP contribution in [0, 0.1) is 6.57 Å². The molecule has 6 nitrogen and oxygen atoms in total. The molecule has 1 aromatic carbocycles. The van der Waals surface area contributed by atoms with Gasteiger partial charge in [-0.3, -0.25) is 9.64 Å². The summed E-state index contributed by atoms with van der Waals surface area (Å²) in [7, 11) is 2.11. The van der Waals surface area contributed by atoms with Crippen molar-refractivity contribution in [3.63, 3.8) is 0 Å². The van der Waals surface area contributed by atoms with Crippen molar-refractivity contribution in [1.82, 2.24) is 5.32 Å². The third-order valence-electron chi connectivity index (χ3n) is 4.29. The molecule has 28 heavy (non-hydrogen) atoms. The Bertz CT molecular complexity index is 672. The molecule has 154 valence electrons. The molecule has 0 fully saturated rings. The normalized spacial score (nSPS) is 13.4. The molecule has 0 saturated heterocycles. The first-order valence-electron chi connectivity index (χ1n) is 8.93. The number of carbonyl (C=O) groups is 1. The van der Waals surface area contributed by atoms with Gasteiger partial charge < -0.3 is 18.6 Å². The van der Waals surface area contributed by atoms with E-state index in [1.807, 2.05) is 37.3 Å². The molecule has 1 aromatic rings. The van der Waals surface area contributed by atoms with Gasteiger partial charge >= 0.3 is 8.80 Å². The quantitative estimate of drug-likeness (QED) is 0.230. The van der Waals surface area contributed by atoms with Crippen LogP contribution < -0.4 is 5.32 Å². The van der Waals surface area contributed by atoms with E-state index in [1.165, 1.54) is 11.8 Å². The Kier molecular flexibility index (Phi) is 10.9. The number of carbonyl (C=O) groups excluding carboxylic acids is 1. The minimum absolute atomic E-state index is 0.0828. The SMILES string of the molecule is [C-]#[N+]C(C)(CCC(=O)NCCC[Si](OC)(OC)OC)SC(=S)c1ccccc1. The molecule has 0 spiro atoms. The maximum atomic E-state index is 12.2. The zero-order chi connectivity index (χ0) is 21.0. The summed E-state index contributed by atoms with van der Waals surface area (Å²) in [6, 6.07) is 10.2. The summed E-state index contributed by atoms with van der Waals surface area (Å²) in [5.41, 5.74) is 0.920. The lowest BCUT2D eigenvalue weighted by Crippen LogP contribution is -2.43. The van der Waals surface area contributed by atoms with E-state index in [-0.39, 0.29) is 12.3 Å². The number of thiocarbonyl (C=S) groups is 1. The highest BCUT2D eigenvalue weighted by Crippen LogP contribution is 2.34. The van der Waals surface area contributed by atoms with Gasteiger partial charge in [0.2, 0.25) is 5.91 Å². The third kappa shape index (κ3) is 7.99. The second-order valence-electron chi connectivity index (χ2n) is 6.29. The molecular formula is C19H28N2O4S2Si. The Balaban J connectivity index is 2.43. The van der Waals surface area contributed by atoms with Crippen LogP contribution in [0.25, 0.3) is 4.85 Å². The molecule has 0 radical (unpaired) electrons. The molecule has 1 N–H and O–H groups in total. The van der Waals surface area contributed by atoms with Crippen LogP contribution in [0.5, 0.6) is 0 Å². The van der Waals surface area contributed by atoms with Gasteiger partial charge in [0.05, 0.1) is 4.20 Å². The van der Waals surface area contributed by atoms with Gasteiger partial charge in [-0.1, -0.05) is 42.5 Å². The topological polar surface area (TPSA) is 61.2 Å². The van der Waals surface area contributed by atoms with E-state index in [1.54, 1.807) is 21.3 Å². The molecule has 9 heteroatoms. The standard InChI is InChI=1S/C19H28N2O4S2Si/c1-19(20-2,27-18(26)16-10-7-6-8-11-16)13-12-17(22)21-14-9-15-28(23-3,24-4)25-5/h6-8,10-11H,9,12-15H2,1,3-5H3,(H,21,22). The zero-order valence-corrected chi connectivity index (χ0v) is 19.5. The highest BCUT2D eigenvalue weighted by molar-refractivity contribution is 8.24. The lowest BCUT2D eigenvalue weighted by atomic mass is 10.2. The van der Waals surface area contributed by atoms with E-state index < -0.39 is 13.7 Å². The summed E-state index contributed by atoms with van der Waals surface area (Å²) in [5.74, 6) is -0.0828. The first-order chi connectivity index (χ1) is 13.3. The first kappa shape index (κ1) is 24.8. The molecule has 0 saturated carbocycles. The predicted octanol–water partition coefficient (Wildman–Crippen LogP) is 3.90. The molecular weight excluding hydrogens is 412 g/mol. The molecule has 1 amide bonds. The van der Waals surface area contributed by atoms with E-state index in [4.69, 9.17) is 32.1 Å². The van der Waals surface area contributed by atoms with Crippen molar-refractivity contribution >= 4 is 42.9 Å². The van der Waals surface area contributed by atoms with Crippen LogP contribution in [0.15, 0.2) is 30.3 Å². The lowest BCUT2D eigenvalue weighted by Gasteiger charge is -2.24. The second-order valence-corrected chi connectivity index (χ2v) is 11.5. The van der Waals surface area contributed by atoms with Crippen molar-refractivity contribution in [1.29, 1.82) is 0 Å². The molecule has 1 unspecified atom stereocenters. The van der Waals surface area contributed by atoms with E-state index in [0.717, 1.165) is 5.56 Å². The number of thioether (sulfide) groups is 1. The van der Waals surface area contributed by atoms with Gasteiger partial charge in [-0.2, -0.15) is 0 Å². The summed E-state index contributed by atoms with van der Waals surface area (Å²) < 4.78 is 16.7.